The maximum atomic E-state index is 13.2. The van der Waals surface area contributed by atoms with Crippen molar-refractivity contribution in [3.05, 3.63) is 66.0 Å². The van der Waals surface area contributed by atoms with E-state index in [-0.39, 0.29) is 5.82 Å². The molecule has 0 atom stereocenters. The molecule has 21 heavy (non-hydrogen) atoms. The predicted molar refractivity (Wildman–Crippen MR) is 82.4 cm³/mol. The van der Waals surface area contributed by atoms with Gasteiger partial charge in [0, 0.05) is 18.4 Å². The van der Waals surface area contributed by atoms with Gasteiger partial charge in [0.15, 0.2) is 11.0 Å². The van der Waals surface area contributed by atoms with Crippen LogP contribution in [0.5, 0.6) is 0 Å². The summed E-state index contributed by atoms with van der Waals surface area (Å²) in [5.41, 5.74) is 1.97. The van der Waals surface area contributed by atoms with Crippen LogP contribution in [0.25, 0.3) is 11.4 Å². The highest BCUT2D eigenvalue weighted by Crippen LogP contribution is 2.25. The number of benzene rings is 2. The highest BCUT2D eigenvalue weighted by Gasteiger charge is 2.10. The SMILES string of the molecule is Cn1c(SCc2cccc(F)c2)nnc1-c1ccccc1. The van der Waals surface area contributed by atoms with Crippen molar-refractivity contribution < 1.29 is 4.39 Å². The van der Waals surface area contributed by atoms with Crippen LogP contribution in [0.2, 0.25) is 0 Å². The summed E-state index contributed by atoms with van der Waals surface area (Å²) in [5.74, 6) is 1.28. The zero-order valence-corrected chi connectivity index (χ0v) is 12.3. The third-order valence-electron chi connectivity index (χ3n) is 3.12. The van der Waals surface area contributed by atoms with Crippen LogP contribution in [0.1, 0.15) is 5.56 Å². The lowest BCUT2D eigenvalue weighted by Gasteiger charge is -2.04. The molecule has 0 saturated carbocycles. The number of aromatic nitrogens is 3. The summed E-state index contributed by atoms with van der Waals surface area (Å²) < 4.78 is 15.1. The van der Waals surface area contributed by atoms with E-state index in [1.165, 1.54) is 6.07 Å². The van der Waals surface area contributed by atoms with Gasteiger partial charge < -0.3 is 4.57 Å². The molecular formula is C16H14FN3S. The molecule has 0 spiro atoms. The summed E-state index contributed by atoms with van der Waals surface area (Å²) in [4.78, 5) is 0. The third kappa shape index (κ3) is 3.13. The molecule has 106 valence electrons. The Morgan fingerprint density at radius 2 is 1.86 bits per heavy atom. The second-order valence-corrected chi connectivity index (χ2v) is 5.59. The molecule has 0 bridgehead atoms. The van der Waals surface area contributed by atoms with E-state index < -0.39 is 0 Å². The highest BCUT2D eigenvalue weighted by molar-refractivity contribution is 7.98. The number of hydrogen-bond acceptors (Lipinski definition) is 3. The van der Waals surface area contributed by atoms with Gasteiger partial charge >= 0.3 is 0 Å². The molecule has 0 fully saturated rings. The normalized spacial score (nSPS) is 10.8. The minimum Gasteiger partial charge on any atom is -0.305 e. The van der Waals surface area contributed by atoms with Gasteiger partial charge in [0.1, 0.15) is 5.82 Å². The summed E-state index contributed by atoms with van der Waals surface area (Å²) >= 11 is 1.55. The van der Waals surface area contributed by atoms with Crippen LogP contribution >= 0.6 is 11.8 Å². The Morgan fingerprint density at radius 1 is 1.05 bits per heavy atom. The Morgan fingerprint density at radius 3 is 2.62 bits per heavy atom. The van der Waals surface area contributed by atoms with Gasteiger partial charge in [-0.1, -0.05) is 54.2 Å². The van der Waals surface area contributed by atoms with Crippen LogP contribution in [0.3, 0.4) is 0 Å². The average molecular weight is 299 g/mol. The summed E-state index contributed by atoms with van der Waals surface area (Å²) in [6.45, 7) is 0. The Balaban J connectivity index is 1.77. The van der Waals surface area contributed by atoms with Gasteiger partial charge in [-0.3, -0.25) is 0 Å². The molecule has 1 heterocycles. The predicted octanol–water partition coefficient (Wildman–Crippen LogP) is 3.91. The molecule has 0 saturated heterocycles. The summed E-state index contributed by atoms with van der Waals surface area (Å²) in [6.07, 6.45) is 0. The van der Waals surface area contributed by atoms with Crippen molar-refractivity contribution in [1.29, 1.82) is 0 Å². The van der Waals surface area contributed by atoms with E-state index in [1.54, 1.807) is 23.9 Å². The lowest BCUT2D eigenvalue weighted by molar-refractivity contribution is 0.626. The van der Waals surface area contributed by atoms with E-state index in [0.29, 0.717) is 5.75 Å². The van der Waals surface area contributed by atoms with E-state index in [4.69, 9.17) is 0 Å². The second kappa shape index (κ2) is 6.10. The molecule has 0 N–H and O–H groups in total. The van der Waals surface area contributed by atoms with Crippen LogP contribution in [0.15, 0.2) is 59.8 Å². The summed E-state index contributed by atoms with van der Waals surface area (Å²) in [7, 11) is 1.94. The van der Waals surface area contributed by atoms with Gasteiger partial charge in [-0.25, -0.2) is 4.39 Å². The van der Waals surface area contributed by atoms with Crippen molar-refractivity contribution in [2.24, 2.45) is 7.05 Å². The monoisotopic (exact) mass is 299 g/mol. The van der Waals surface area contributed by atoms with Crippen LogP contribution in [0, 0.1) is 5.82 Å². The fourth-order valence-electron chi connectivity index (χ4n) is 2.05. The number of nitrogens with zero attached hydrogens (tertiary/aromatic N) is 3. The van der Waals surface area contributed by atoms with E-state index in [0.717, 1.165) is 22.1 Å². The lowest BCUT2D eigenvalue weighted by Crippen LogP contribution is -1.95. The standard InChI is InChI=1S/C16H14FN3S/c1-20-15(13-7-3-2-4-8-13)18-19-16(20)21-11-12-6-5-9-14(17)10-12/h2-10H,11H2,1H3. The Kier molecular flexibility index (Phi) is 4.01. The Hall–Kier alpha value is -2.14. The Labute approximate surface area is 126 Å². The molecule has 0 aliphatic rings. The van der Waals surface area contributed by atoms with Crippen LogP contribution in [-0.2, 0) is 12.8 Å². The van der Waals surface area contributed by atoms with E-state index in [2.05, 4.69) is 10.2 Å². The number of halogens is 1. The van der Waals surface area contributed by atoms with Crippen molar-refractivity contribution in [2.45, 2.75) is 10.9 Å². The molecular weight excluding hydrogens is 285 g/mol. The highest BCUT2D eigenvalue weighted by atomic mass is 32.2. The van der Waals surface area contributed by atoms with Crippen molar-refractivity contribution in [2.75, 3.05) is 0 Å². The van der Waals surface area contributed by atoms with Gasteiger partial charge in [0.25, 0.3) is 0 Å². The van der Waals surface area contributed by atoms with E-state index in [1.807, 2.05) is 48.0 Å². The lowest BCUT2D eigenvalue weighted by atomic mass is 10.2. The second-order valence-electron chi connectivity index (χ2n) is 4.65. The number of rotatable bonds is 4. The van der Waals surface area contributed by atoms with Crippen molar-refractivity contribution in [1.82, 2.24) is 14.8 Å². The minimum absolute atomic E-state index is 0.212. The van der Waals surface area contributed by atoms with Gasteiger partial charge in [0.2, 0.25) is 0 Å². The maximum absolute atomic E-state index is 13.2. The number of hydrogen-bond donors (Lipinski definition) is 0. The molecule has 3 rings (SSSR count). The van der Waals surface area contributed by atoms with Crippen molar-refractivity contribution in [3.63, 3.8) is 0 Å². The summed E-state index contributed by atoms with van der Waals surface area (Å²) in [5, 5.41) is 9.26. The fraction of sp³-hybridized carbons (Fsp3) is 0.125. The van der Waals surface area contributed by atoms with Gasteiger partial charge in [-0.15, -0.1) is 10.2 Å². The van der Waals surface area contributed by atoms with Crippen molar-refractivity contribution >= 4 is 11.8 Å². The first kappa shape index (κ1) is 13.8. The van der Waals surface area contributed by atoms with E-state index in [9.17, 15) is 4.39 Å². The fourth-order valence-corrected chi connectivity index (χ4v) is 2.91. The first-order valence-corrected chi connectivity index (χ1v) is 7.54. The molecule has 0 aliphatic heterocycles. The van der Waals surface area contributed by atoms with Crippen LogP contribution < -0.4 is 0 Å². The zero-order chi connectivity index (χ0) is 14.7. The van der Waals surface area contributed by atoms with Gasteiger partial charge in [-0.05, 0) is 17.7 Å². The molecule has 3 nitrogen and oxygen atoms in total. The first-order chi connectivity index (χ1) is 10.2. The van der Waals surface area contributed by atoms with Crippen LogP contribution in [-0.4, -0.2) is 14.8 Å². The largest absolute Gasteiger partial charge is 0.305 e. The van der Waals surface area contributed by atoms with E-state index >= 15 is 0 Å². The smallest absolute Gasteiger partial charge is 0.191 e. The quantitative estimate of drug-likeness (QED) is 0.684. The molecule has 0 unspecified atom stereocenters. The van der Waals surface area contributed by atoms with Crippen molar-refractivity contribution in [3.8, 4) is 11.4 Å². The third-order valence-corrected chi connectivity index (χ3v) is 4.22. The van der Waals surface area contributed by atoms with Crippen LogP contribution in [0.4, 0.5) is 4.39 Å². The molecule has 0 aliphatic carbocycles. The molecule has 5 heteroatoms. The Bertz CT molecular complexity index is 740. The van der Waals surface area contributed by atoms with Gasteiger partial charge in [-0.2, -0.15) is 0 Å². The number of thioether (sulfide) groups is 1. The molecule has 0 amide bonds. The first-order valence-electron chi connectivity index (χ1n) is 6.56. The average Bonchev–Trinajstić information content (AvgIpc) is 2.87. The van der Waals surface area contributed by atoms with Gasteiger partial charge in [0.05, 0.1) is 0 Å². The molecule has 1 aromatic heterocycles. The topological polar surface area (TPSA) is 30.7 Å². The zero-order valence-electron chi connectivity index (χ0n) is 11.5. The summed E-state index contributed by atoms with van der Waals surface area (Å²) in [6, 6.07) is 16.6. The molecule has 2 aromatic carbocycles. The molecule has 3 aromatic rings. The maximum Gasteiger partial charge on any atom is 0.191 e. The molecule has 0 radical (unpaired) electrons. The minimum atomic E-state index is -0.212.